The maximum Gasteiger partial charge on any atom is 0.276 e. The van der Waals surface area contributed by atoms with Gasteiger partial charge < -0.3 is 14.3 Å². The van der Waals surface area contributed by atoms with E-state index in [2.05, 4.69) is 5.32 Å². The maximum atomic E-state index is 13.9. The van der Waals surface area contributed by atoms with E-state index in [0.29, 0.717) is 28.5 Å². The Balaban J connectivity index is 1.62. The van der Waals surface area contributed by atoms with Gasteiger partial charge in [0.1, 0.15) is 17.0 Å². The lowest BCUT2D eigenvalue weighted by Crippen LogP contribution is -2.65. The lowest BCUT2D eigenvalue weighted by molar-refractivity contribution is -0.127. The summed E-state index contributed by atoms with van der Waals surface area (Å²) >= 11 is 6.43. The van der Waals surface area contributed by atoms with Gasteiger partial charge in [0.25, 0.3) is 5.91 Å². The van der Waals surface area contributed by atoms with Crippen LogP contribution in [0.5, 0.6) is 0 Å². The first-order chi connectivity index (χ1) is 15.8. The van der Waals surface area contributed by atoms with E-state index in [4.69, 9.17) is 16.0 Å². The number of furan rings is 1. The van der Waals surface area contributed by atoms with Crippen molar-refractivity contribution in [1.29, 1.82) is 0 Å². The van der Waals surface area contributed by atoms with Gasteiger partial charge in [0, 0.05) is 28.9 Å². The minimum absolute atomic E-state index is 0.130. The van der Waals surface area contributed by atoms with E-state index >= 15 is 0 Å². The lowest BCUT2D eigenvalue weighted by atomic mass is 9.92. The molecule has 1 N–H and O–H groups in total. The van der Waals surface area contributed by atoms with Crippen molar-refractivity contribution in [3.05, 3.63) is 52.4 Å². The molecule has 2 aromatic heterocycles. The van der Waals surface area contributed by atoms with E-state index in [0.717, 1.165) is 42.5 Å². The molecule has 1 atom stereocenters. The number of rotatable bonds is 3. The Hall–Kier alpha value is -2.73. The van der Waals surface area contributed by atoms with Crippen LogP contribution in [-0.4, -0.2) is 28.0 Å². The maximum absolute atomic E-state index is 13.9. The summed E-state index contributed by atoms with van der Waals surface area (Å²) in [6.07, 6.45) is 6.61. The summed E-state index contributed by atoms with van der Waals surface area (Å²) < 4.78 is 7.73. The van der Waals surface area contributed by atoms with Crippen LogP contribution < -0.4 is 10.2 Å². The van der Waals surface area contributed by atoms with Crippen LogP contribution in [0.2, 0.25) is 5.02 Å². The van der Waals surface area contributed by atoms with Crippen molar-refractivity contribution >= 4 is 40.2 Å². The van der Waals surface area contributed by atoms with Crippen molar-refractivity contribution in [2.45, 2.75) is 77.4 Å². The summed E-state index contributed by atoms with van der Waals surface area (Å²) in [6, 6.07) is 9.33. The number of carbonyl (C=O) groups is 2. The first kappa shape index (κ1) is 22.1. The number of nitrogens with zero attached hydrogens (tertiary/aromatic N) is 2. The molecule has 0 radical (unpaired) electrons. The molecule has 0 saturated heterocycles. The normalized spacial score (nSPS) is 21.8. The number of hydrogen-bond acceptors (Lipinski definition) is 3. The highest BCUT2D eigenvalue weighted by Crippen LogP contribution is 2.39. The molecule has 0 unspecified atom stereocenters. The average Bonchev–Trinajstić information content (AvgIpc) is 3.16. The molecule has 0 spiro atoms. The van der Waals surface area contributed by atoms with Crippen molar-refractivity contribution in [3.63, 3.8) is 0 Å². The third-order valence-electron chi connectivity index (χ3n) is 7.25. The molecule has 1 fully saturated rings. The second-order valence-corrected chi connectivity index (χ2v) is 10.1. The van der Waals surface area contributed by atoms with Gasteiger partial charge in [-0.15, -0.1) is 0 Å². The molecule has 3 aromatic rings. The van der Waals surface area contributed by atoms with E-state index in [-0.39, 0.29) is 17.9 Å². The molecule has 174 valence electrons. The zero-order valence-corrected chi connectivity index (χ0v) is 20.2. The molecule has 7 heteroatoms. The molecule has 2 amide bonds. The van der Waals surface area contributed by atoms with Gasteiger partial charge in [-0.2, -0.15) is 0 Å². The zero-order chi connectivity index (χ0) is 23.3. The van der Waals surface area contributed by atoms with Gasteiger partial charge in [-0.05, 0) is 51.3 Å². The smallest absolute Gasteiger partial charge is 0.276 e. The van der Waals surface area contributed by atoms with Crippen LogP contribution in [0, 0.1) is 13.8 Å². The van der Waals surface area contributed by atoms with Gasteiger partial charge >= 0.3 is 0 Å². The van der Waals surface area contributed by atoms with E-state index in [1.807, 2.05) is 43.5 Å². The molecule has 2 aliphatic rings. The number of carbonyl (C=O) groups excluding carboxylic acids is 2. The molecule has 1 aliphatic heterocycles. The van der Waals surface area contributed by atoms with Gasteiger partial charge in [0.2, 0.25) is 5.91 Å². The van der Waals surface area contributed by atoms with Gasteiger partial charge in [-0.3, -0.25) is 14.5 Å². The lowest BCUT2D eigenvalue weighted by Gasteiger charge is -2.45. The summed E-state index contributed by atoms with van der Waals surface area (Å²) in [5, 5.41) is 3.86. The predicted octanol–water partition coefficient (Wildman–Crippen LogP) is 5.76. The number of fused-ring (bicyclic) bond motifs is 3. The minimum atomic E-state index is -1.12. The summed E-state index contributed by atoms with van der Waals surface area (Å²) in [5.74, 6) is 0.421. The van der Waals surface area contributed by atoms with Crippen molar-refractivity contribution in [2.75, 3.05) is 4.90 Å². The van der Waals surface area contributed by atoms with Gasteiger partial charge in [0.15, 0.2) is 5.58 Å². The standard InChI is InChI=1S/C26H30ClN3O3/c1-16-13-21-23(33-16)14-22-24(31)30(20-12-8-11-19(27)17(20)2)26(3,15-29(21)22)25(32)28-18-9-6-4-5-7-10-18/h8,11-14,18H,4-7,9-10,15H2,1-3H3,(H,28,32)/t26-/m1/s1. The van der Waals surface area contributed by atoms with Crippen molar-refractivity contribution in [1.82, 2.24) is 9.88 Å². The highest BCUT2D eigenvalue weighted by Gasteiger charge is 2.49. The highest BCUT2D eigenvalue weighted by atomic mass is 35.5. The summed E-state index contributed by atoms with van der Waals surface area (Å²) in [5.41, 5.74) is 2.33. The number of anilines is 1. The second-order valence-electron chi connectivity index (χ2n) is 9.68. The molecule has 0 bridgehead atoms. The van der Waals surface area contributed by atoms with Crippen LogP contribution in [0.1, 0.15) is 67.3 Å². The van der Waals surface area contributed by atoms with Crippen molar-refractivity contribution < 1.29 is 14.0 Å². The van der Waals surface area contributed by atoms with Crippen LogP contribution in [0.4, 0.5) is 5.69 Å². The number of amides is 2. The first-order valence-corrected chi connectivity index (χ1v) is 12.2. The summed E-state index contributed by atoms with van der Waals surface area (Å²) in [6.45, 7) is 5.97. The Bertz CT molecular complexity index is 1240. The number of nitrogens with one attached hydrogen (secondary N) is 1. The summed E-state index contributed by atoms with van der Waals surface area (Å²) in [7, 11) is 0. The molecule has 1 saturated carbocycles. The Morgan fingerprint density at radius 2 is 1.88 bits per heavy atom. The third-order valence-corrected chi connectivity index (χ3v) is 7.66. The van der Waals surface area contributed by atoms with Crippen LogP contribution in [0.3, 0.4) is 0 Å². The molecule has 1 aliphatic carbocycles. The molecule has 33 heavy (non-hydrogen) atoms. The van der Waals surface area contributed by atoms with E-state index in [1.54, 1.807) is 17.0 Å². The van der Waals surface area contributed by atoms with Crippen LogP contribution >= 0.6 is 11.6 Å². The van der Waals surface area contributed by atoms with Gasteiger partial charge in [0.05, 0.1) is 12.1 Å². The van der Waals surface area contributed by atoms with E-state index < -0.39 is 5.54 Å². The molecule has 1 aromatic carbocycles. The number of aryl methyl sites for hydroxylation is 1. The monoisotopic (exact) mass is 467 g/mol. The molecular weight excluding hydrogens is 438 g/mol. The zero-order valence-electron chi connectivity index (χ0n) is 19.4. The van der Waals surface area contributed by atoms with E-state index in [9.17, 15) is 9.59 Å². The molecule has 6 nitrogen and oxygen atoms in total. The highest BCUT2D eigenvalue weighted by molar-refractivity contribution is 6.32. The number of halogens is 1. The van der Waals surface area contributed by atoms with E-state index in [1.165, 1.54) is 12.8 Å². The van der Waals surface area contributed by atoms with Crippen LogP contribution in [0.15, 0.2) is 34.7 Å². The Morgan fingerprint density at radius 3 is 2.61 bits per heavy atom. The summed E-state index contributed by atoms with van der Waals surface area (Å²) in [4.78, 5) is 29.5. The number of benzene rings is 1. The van der Waals surface area contributed by atoms with Crippen molar-refractivity contribution in [3.8, 4) is 0 Å². The SMILES string of the molecule is Cc1cc2c(cc3n2C[C@](C)(C(=O)NC2CCCCCC2)N(c2cccc(Cl)c2C)C3=O)o1. The van der Waals surface area contributed by atoms with Crippen LogP contribution in [-0.2, 0) is 11.3 Å². The minimum Gasteiger partial charge on any atom is -0.460 e. The fraction of sp³-hybridized carbons (Fsp3) is 0.462. The third kappa shape index (κ3) is 3.65. The first-order valence-electron chi connectivity index (χ1n) is 11.8. The molecule has 3 heterocycles. The van der Waals surface area contributed by atoms with Gasteiger partial charge in [-0.25, -0.2) is 0 Å². The Morgan fingerprint density at radius 1 is 1.15 bits per heavy atom. The topological polar surface area (TPSA) is 67.5 Å². The largest absolute Gasteiger partial charge is 0.460 e. The van der Waals surface area contributed by atoms with Crippen LogP contribution in [0.25, 0.3) is 11.1 Å². The second kappa shape index (κ2) is 8.24. The fourth-order valence-corrected chi connectivity index (χ4v) is 5.55. The molecule has 5 rings (SSSR count). The Labute approximate surface area is 198 Å². The number of aromatic nitrogens is 1. The molecular formula is C26H30ClN3O3. The Kier molecular flexibility index (Phi) is 5.52. The average molecular weight is 468 g/mol. The quantitative estimate of drug-likeness (QED) is 0.498. The predicted molar refractivity (Wildman–Crippen MR) is 130 cm³/mol. The number of hydrogen-bond donors (Lipinski definition) is 1. The fourth-order valence-electron chi connectivity index (χ4n) is 5.38. The van der Waals surface area contributed by atoms with Crippen molar-refractivity contribution in [2.24, 2.45) is 0 Å². The van der Waals surface area contributed by atoms with Gasteiger partial charge in [-0.1, -0.05) is 43.4 Å².